The Balaban J connectivity index is 2.24. The molecule has 1 aromatic heterocycles. The summed E-state index contributed by atoms with van der Waals surface area (Å²) in [5, 5.41) is 11.0. The van der Waals surface area contributed by atoms with Crippen LogP contribution >= 0.6 is 0 Å². The molecule has 1 heterocycles. The summed E-state index contributed by atoms with van der Waals surface area (Å²) < 4.78 is 10.3. The fourth-order valence-electron chi connectivity index (χ4n) is 2.26. The van der Waals surface area contributed by atoms with Gasteiger partial charge in [0.15, 0.2) is 0 Å². The van der Waals surface area contributed by atoms with E-state index in [1.54, 1.807) is 26.4 Å². The number of nitrogens with zero attached hydrogens (tertiary/aromatic N) is 2. The van der Waals surface area contributed by atoms with E-state index in [0.717, 1.165) is 17.0 Å². The second kappa shape index (κ2) is 8.12. The monoisotopic (exact) mass is 315 g/mol. The number of nitrogens with one attached hydrogen (secondary N) is 1. The van der Waals surface area contributed by atoms with Gasteiger partial charge in [0, 0.05) is 11.9 Å². The highest BCUT2D eigenvalue weighted by atomic mass is 16.5. The van der Waals surface area contributed by atoms with E-state index in [9.17, 15) is 4.79 Å². The van der Waals surface area contributed by atoms with E-state index in [4.69, 9.17) is 9.47 Å². The molecule has 2 rings (SSSR count). The van der Waals surface area contributed by atoms with E-state index in [0.29, 0.717) is 6.61 Å². The lowest BCUT2D eigenvalue weighted by molar-refractivity contribution is -0.147. The maximum Gasteiger partial charge on any atom is 0.311 e. The SMILES string of the molecule is CCOC(=O)C(C)C(Nc1ccc(OC)cc1)c1ccnnc1. The van der Waals surface area contributed by atoms with Crippen LogP contribution in [0.3, 0.4) is 0 Å². The Kier molecular flexibility index (Phi) is 5.91. The molecule has 1 aromatic carbocycles. The van der Waals surface area contributed by atoms with Crippen molar-refractivity contribution in [2.45, 2.75) is 19.9 Å². The summed E-state index contributed by atoms with van der Waals surface area (Å²) >= 11 is 0. The standard InChI is InChI=1S/C17H21N3O3/c1-4-23-17(21)12(2)16(13-9-10-18-19-11-13)20-14-5-7-15(22-3)8-6-14/h5-12,16,20H,4H2,1-3H3. The van der Waals surface area contributed by atoms with Crippen LogP contribution in [0.25, 0.3) is 0 Å². The Morgan fingerprint density at radius 3 is 2.52 bits per heavy atom. The molecule has 0 aliphatic heterocycles. The fraction of sp³-hybridized carbons (Fsp3) is 0.353. The third kappa shape index (κ3) is 4.42. The van der Waals surface area contributed by atoms with Crippen molar-refractivity contribution in [1.82, 2.24) is 10.2 Å². The van der Waals surface area contributed by atoms with Crippen molar-refractivity contribution in [1.29, 1.82) is 0 Å². The topological polar surface area (TPSA) is 73.3 Å². The highest BCUT2D eigenvalue weighted by Gasteiger charge is 2.27. The molecule has 122 valence electrons. The molecule has 2 aromatic rings. The first-order valence-electron chi connectivity index (χ1n) is 7.49. The van der Waals surface area contributed by atoms with Crippen LogP contribution in [0.15, 0.2) is 42.7 Å². The normalized spacial score (nSPS) is 13.0. The molecule has 0 aliphatic carbocycles. The number of esters is 1. The van der Waals surface area contributed by atoms with Crippen molar-refractivity contribution in [2.75, 3.05) is 19.0 Å². The molecular weight excluding hydrogens is 294 g/mol. The van der Waals surface area contributed by atoms with E-state index >= 15 is 0 Å². The maximum absolute atomic E-state index is 12.1. The molecule has 23 heavy (non-hydrogen) atoms. The first kappa shape index (κ1) is 16.7. The van der Waals surface area contributed by atoms with Crippen LogP contribution in [0.4, 0.5) is 5.69 Å². The predicted octanol–water partition coefficient (Wildman–Crippen LogP) is 2.84. The number of anilines is 1. The van der Waals surface area contributed by atoms with Gasteiger partial charge in [-0.2, -0.15) is 10.2 Å². The summed E-state index contributed by atoms with van der Waals surface area (Å²) in [6.07, 6.45) is 3.26. The Bertz CT molecular complexity index is 617. The number of carbonyl (C=O) groups excluding carboxylic acids is 1. The van der Waals surface area contributed by atoms with Crippen LogP contribution in [0, 0.1) is 5.92 Å². The second-order valence-electron chi connectivity index (χ2n) is 5.07. The Hall–Kier alpha value is -2.63. The largest absolute Gasteiger partial charge is 0.497 e. The first-order valence-corrected chi connectivity index (χ1v) is 7.49. The smallest absolute Gasteiger partial charge is 0.311 e. The average Bonchev–Trinajstić information content (AvgIpc) is 2.60. The van der Waals surface area contributed by atoms with Gasteiger partial charge in [-0.25, -0.2) is 0 Å². The molecule has 0 saturated carbocycles. The number of hydrogen-bond donors (Lipinski definition) is 1. The number of aromatic nitrogens is 2. The zero-order valence-electron chi connectivity index (χ0n) is 13.5. The van der Waals surface area contributed by atoms with E-state index in [2.05, 4.69) is 15.5 Å². The second-order valence-corrected chi connectivity index (χ2v) is 5.07. The third-order valence-corrected chi connectivity index (χ3v) is 3.54. The van der Waals surface area contributed by atoms with Crippen molar-refractivity contribution >= 4 is 11.7 Å². The van der Waals surface area contributed by atoms with Gasteiger partial charge in [0.05, 0.1) is 31.9 Å². The lowest BCUT2D eigenvalue weighted by atomic mass is 9.95. The zero-order chi connectivity index (χ0) is 16.7. The summed E-state index contributed by atoms with van der Waals surface area (Å²) in [5.41, 5.74) is 1.75. The van der Waals surface area contributed by atoms with Gasteiger partial charge in [-0.05, 0) is 49.7 Å². The molecule has 1 N–H and O–H groups in total. The minimum absolute atomic E-state index is 0.254. The summed E-state index contributed by atoms with van der Waals surface area (Å²) in [6.45, 7) is 3.98. The van der Waals surface area contributed by atoms with Crippen molar-refractivity contribution < 1.29 is 14.3 Å². The molecular formula is C17H21N3O3. The van der Waals surface area contributed by atoms with Crippen LogP contribution in [0.2, 0.25) is 0 Å². The van der Waals surface area contributed by atoms with E-state index in [-0.39, 0.29) is 17.9 Å². The number of ether oxygens (including phenoxy) is 2. The van der Waals surface area contributed by atoms with Crippen molar-refractivity contribution in [3.63, 3.8) is 0 Å². The molecule has 2 unspecified atom stereocenters. The Morgan fingerprint density at radius 1 is 1.22 bits per heavy atom. The van der Waals surface area contributed by atoms with Crippen LogP contribution in [-0.4, -0.2) is 29.9 Å². The molecule has 0 spiro atoms. The number of methoxy groups -OCH3 is 1. The number of benzene rings is 1. The minimum atomic E-state index is -0.374. The van der Waals surface area contributed by atoms with Crippen molar-refractivity contribution in [2.24, 2.45) is 5.92 Å². The first-order chi connectivity index (χ1) is 11.2. The summed E-state index contributed by atoms with van der Waals surface area (Å²) in [7, 11) is 1.62. The van der Waals surface area contributed by atoms with Gasteiger partial charge in [0.1, 0.15) is 5.75 Å². The van der Waals surface area contributed by atoms with Gasteiger partial charge >= 0.3 is 5.97 Å². The minimum Gasteiger partial charge on any atom is -0.497 e. The average molecular weight is 315 g/mol. The van der Waals surface area contributed by atoms with E-state index in [1.165, 1.54) is 0 Å². The van der Waals surface area contributed by atoms with Gasteiger partial charge in [-0.1, -0.05) is 0 Å². The molecule has 0 radical (unpaired) electrons. The summed E-state index contributed by atoms with van der Waals surface area (Å²) in [5.74, 6) is 0.146. The molecule has 0 amide bonds. The van der Waals surface area contributed by atoms with Gasteiger partial charge in [0.25, 0.3) is 0 Å². The fourth-order valence-corrected chi connectivity index (χ4v) is 2.26. The van der Waals surface area contributed by atoms with Gasteiger partial charge in [-0.3, -0.25) is 4.79 Å². The maximum atomic E-state index is 12.1. The molecule has 0 aliphatic rings. The summed E-state index contributed by atoms with van der Waals surface area (Å²) in [6, 6.07) is 9.09. The number of carbonyl (C=O) groups is 1. The van der Waals surface area contributed by atoms with Crippen molar-refractivity contribution in [3.8, 4) is 5.75 Å². The number of hydrogen-bond acceptors (Lipinski definition) is 6. The predicted molar refractivity (Wildman–Crippen MR) is 87.2 cm³/mol. The molecule has 0 fully saturated rings. The van der Waals surface area contributed by atoms with Gasteiger partial charge < -0.3 is 14.8 Å². The van der Waals surface area contributed by atoms with Crippen LogP contribution < -0.4 is 10.1 Å². The summed E-state index contributed by atoms with van der Waals surface area (Å²) in [4.78, 5) is 12.1. The molecule has 0 bridgehead atoms. The molecule has 6 heteroatoms. The quantitative estimate of drug-likeness (QED) is 0.792. The lowest BCUT2D eigenvalue weighted by Gasteiger charge is -2.25. The van der Waals surface area contributed by atoms with Crippen LogP contribution in [-0.2, 0) is 9.53 Å². The van der Waals surface area contributed by atoms with Gasteiger partial charge in [0.2, 0.25) is 0 Å². The zero-order valence-corrected chi connectivity index (χ0v) is 13.5. The van der Waals surface area contributed by atoms with Gasteiger partial charge in [-0.15, -0.1) is 0 Å². The Labute approximate surface area is 135 Å². The Morgan fingerprint density at radius 2 is 1.96 bits per heavy atom. The van der Waals surface area contributed by atoms with Crippen LogP contribution in [0.1, 0.15) is 25.5 Å². The van der Waals surface area contributed by atoms with Crippen molar-refractivity contribution in [3.05, 3.63) is 48.3 Å². The molecule has 6 nitrogen and oxygen atoms in total. The highest BCUT2D eigenvalue weighted by molar-refractivity contribution is 5.74. The lowest BCUT2D eigenvalue weighted by Crippen LogP contribution is -2.27. The third-order valence-electron chi connectivity index (χ3n) is 3.54. The molecule has 2 atom stereocenters. The number of rotatable bonds is 7. The van der Waals surface area contributed by atoms with E-state index in [1.807, 2.05) is 37.3 Å². The molecule has 0 saturated heterocycles. The van der Waals surface area contributed by atoms with Crippen LogP contribution in [0.5, 0.6) is 5.75 Å². The highest BCUT2D eigenvalue weighted by Crippen LogP contribution is 2.28. The van der Waals surface area contributed by atoms with E-state index < -0.39 is 0 Å².